The van der Waals surface area contributed by atoms with Gasteiger partial charge in [-0.25, -0.2) is 0 Å². The lowest BCUT2D eigenvalue weighted by molar-refractivity contribution is -0.125. The highest BCUT2D eigenvalue weighted by Gasteiger charge is 2.06. The van der Waals surface area contributed by atoms with Crippen molar-refractivity contribution in [3.63, 3.8) is 0 Å². The number of Topliss-reactive ketones (excluding diaryl/α,β-unsaturated/α-hetero) is 1. The molecule has 0 bridgehead atoms. The van der Waals surface area contributed by atoms with Crippen LogP contribution in [0.5, 0.6) is 0 Å². The monoisotopic (exact) mass is 202 g/mol. The van der Waals surface area contributed by atoms with Crippen LogP contribution in [0.25, 0.3) is 0 Å². The minimum absolute atomic E-state index is 0.0690. The summed E-state index contributed by atoms with van der Waals surface area (Å²) in [5.74, 6) is -0.154. The van der Waals surface area contributed by atoms with Crippen molar-refractivity contribution in [2.24, 2.45) is 5.73 Å². The van der Waals surface area contributed by atoms with Gasteiger partial charge in [-0.15, -0.1) is 0 Å². The van der Waals surface area contributed by atoms with E-state index in [1.165, 1.54) is 0 Å². The fraction of sp³-hybridized carbons (Fsp3) is 0.778. The van der Waals surface area contributed by atoms with Crippen molar-refractivity contribution >= 4 is 11.7 Å². The molecule has 82 valence electrons. The Hall–Kier alpha value is -0.940. The lowest BCUT2D eigenvalue weighted by Gasteiger charge is -2.08. The van der Waals surface area contributed by atoms with Crippen LogP contribution < -0.4 is 11.1 Å². The topological polar surface area (TPSA) is 92.4 Å². The summed E-state index contributed by atoms with van der Waals surface area (Å²) in [4.78, 5) is 21.9. The van der Waals surface area contributed by atoms with Gasteiger partial charge < -0.3 is 16.2 Å². The van der Waals surface area contributed by atoms with Gasteiger partial charge in [0, 0.05) is 32.4 Å². The summed E-state index contributed by atoms with van der Waals surface area (Å²) in [5, 5.41) is 11.5. The van der Waals surface area contributed by atoms with E-state index in [4.69, 9.17) is 10.8 Å². The van der Waals surface area contributed by atoms with Gasteiger partial charge >= 0.3 is 0 Å². The lowest BCUT2D eigenvalue weighted by atomic mass is 10.2. The van der Waals surface area contributed by atoms with Gasteiger partial charge in [0.1, 0.15) is 5.78 Å². The Kier molecular flexibility index (Phi) is 6.96. The zero-order valence-corrected chi connectivity index (χ0v) is 8.45. The Bertz CT molecular complexity index is 194. The molecule has 0 rings (SSSR count). The van der Waals surface area contributed by atoms with Crippen LogP contribution in [0, 0.1) is 0 Å². The molecule has 0 heterocycles. The Morgan fingerprint density at radius 1 is 1.43 bits per heavy atom. The van der Waals surface area contributed by atoms with E-state index in [1.807, 2.05) is 0 Å². The van der Waals surface area contributed by atoms with Crippen molar-refractivity contribution in [2.75, 3.05) is 13.1 Å². The maximum absolute atomic E-state index is 11.1. The number of amides is 1. The van der Waals surface area contributed by atoms with Gasteiger partial charge in [-0.2, -0.15) is 0 Å². The molecule has 0 aliphatic rings. The summed E-state index contributed by atoms with van der Waals surface area (Å²) in [5.41, 5.74) is 5.15. The summed E-state index contributed by atoms with van der Waals surface area (Å²) in [6.45, 7) is 2.03. The van der Waals surface area contributed by atoms with Crippen molar-refractivity contribution in [3.8, 4) is 0 Å². The maximum atomic E-state index is 11.1. The van der Waals surface area contributed by atoms with Gasteiger partial charge in [0.25, 0.3) is 0 Å². The Morgan fingerprint density at radius 3 is 2.57 bits per heavy atom. The van der Waals surface area contributed by atoms with E-state index in [1.54, 1.807) is 6.92 Å². The Labute approximate surface area is 83.7 Å². The first-order valence-electron chi connectivity index (χ1n) is 4.76. The second-order valence-electron chi connectivity index (χ2n) is 3.09. The molecular weight excluding hydrogens is 184 g/mol. The minimum Gasteiger partial charge on any atom is -0.390 e. The summed E-state index contributed by atoms with van der Waals surface area (Å²) in [6.07, 6.45) is 0.199. The number of carbonyl (C=O) groups excluding carboxylic acids is 2. The molecule has 1 amide bonds. The van der Waals surface area contributed by atoms with E-state index in [2.05, 4.69) is 5.32 Å². The SMILES string of the molecule is CCC(=O)CCC(=O)NCC(O)CN. The molecule has 0 aromatic carbocycles. The quantitative estimate of drug-likeness (QED) is 0.503. The highest BCUT2D eigenvalue weighted by atomic mass is 16.3. The molecule has 1 atom stereocenters. The number of carbonyl (C=O) groups is 2. The molecule has 0 spiro atoms. The second-order valence-corrected chi connectivity index (χ2v) is 3.09. The zero-order chi connectivity index (χ0) is 11.0. The largest absolute Gasteiger partial charge is 0.390 e. The van der Waals surface area contributed by atoms with Gasteiger partial charge in [-0.05, 0) is 0 Å². The molecule has 0 aromatic rings. The highest BCUT2D eigenvalue weighted by Crippen LogP contribution is 1.94. The van der Waals surface area contributed by atoms with Crippen LogP contribution in [0.1, 0.15) is 26.2 Å². The highest BCUT2D eigenvalue weighted by molar-refractivity contribution is 5.84. The van der Waals surface area contributed by atoms with Gasteiger partial charge in [-0.1, -0.05) is 6.92 Å². The molecule has 0 aliphatic carbocycles. The molecule has 0 saturated heterocycles. The fourth-order valence-electron chi connectivity index (χ4n) is 0.833. The van der Waals surface area contributed by atoms with E-state index in [9.17, 15) is 9.59 Å². The normalized spacial score (nSPS) is 12.2. The first kappa shape index (κ1) is 13.1. The molecule has 0 saturated carbocycles. The van der Waals surface area contributed by atoms with Gasteiger partial charge in [-0.3, -0.25) is 9.59 Å². The molecule has 1 unspecified atom stereocenters. The number of nitrogens with one attached hydrogen (secondary N) is 1. The molecule has 0 fully saturated rings. The number of rotatable bonds is 7. The second kappa shape index (κ2) is 7.46. The molecule has 5 heteroatoms. The molecule has 14 heavy (non-hydrogen) atoms. The van der Waals surface area contributed by atoms with E-state index in [0.29, 0.717) is 6.42 Å². The first-order chi connectivity index (χ1) is 6.60. The van der Waals surface area contributed by atoms with Crippen molar-refractivity contribution in [1.29, 1.82) is 0 Å². The Balaban J connectivity index is 3.51. The van der Waals surface area contributed by atoms with Crippen molar-refractivity contribution in [1.82, 2.24) is 5.32 Å². The van der Waals surface area contributed by atoms with Crippen LogP contribution in [-0.2, 0) is 9.59 Å². The van der Waals surface area contributed by atoms with Gasteiger partial charge in [0.15, 0.2) is 0 Å². The number of hydrogen-bond donors (Lipinski definition) is 3. The summed E-state index contributed by atoms with van der Waals surface area (Å²) in [7, 11) is 0. The predicted octanol–water partition coefficient (Wildman–Crippen LogP) is -0.818. The van der Waals surface area contributed by atoms with Crippen LogP contribution in [0.3, 0.4) is 0 Å². The third kappa shape index (κ3) is 6.56. The number of hydrogen-bond acceptors (Lipinski definition) is 4. The van der Waals surface area contributed by atoms with Crippen molar-refractivity contribution < 1.29 is 14.7 Å². The van der Waals surface area contributed by atoms with Gasteiger partial charge in [0.05, 0.1) is 6.10 Å². The first-order valence-corrected chi connectivity index (χ1v) is 4.76. The smallest absolute Gasteiger partial charge is 0.220 e. The third-order valence-electron chi connectivity index (χ3n) is 1.83. The number of ketones is 1. The standard InChI is InChI=1S/C9H18N2O3/c1-2-7(12)3-4-9(14)11-6-8(13)5-10/h8,13H,2-6,10H2,1H3,(H,11,14). The van der Waals surface area contributed by atoms with Crippen molar-refractivity contribution in [2.45, 2.75) is 32.3 Å². The zero-order valence-electron chi connectivity index (χ0n) is 8.45. The average Bonchev–Trinajstić information content (AvgIpc) is 2.22. The third-order valence-corrected chi connectivity index (χ3v) is 1.83. The van der Waals surface area contributed by atoms with Crippen LogP contribution in [0.4, 0.5) is 0 Å². The molecule has 0 radical (unpaired) electrons. The lowest BCUT2D eigenvalue weighted by Crippen LogP contribution is -2.36. The number of aliphatic hydroxyl groups is 1. The molecule has 4 N–H and O–H groups in total. The molecular formula is C9H18N2O3. The average molecular weight is 202 g/mol. The van der Waals surface area contributed by atoms with E-state index < -0.39 is 6.10 Å². The minimum atomic E-state index is -0.708. The summed E-state index contributed by atoms with van der Waals surface area (Å²) < 4.78 is 0. The number of aliphatic hydroxyl groups excluding tert-OH is 1. The maximum Gasteiger partial charge on any atom is 0.220 e. The van der Waals surface area contributed by atoms with Crippen molar-refractivity contribution in [3.05, 3.63) is 0 Å². The summed E-state index contributed by atoms with van der Waals surface area (Å²) >= 11 is 0. The fourth-order valence-corrected chi connectivity index (χ4v) is 0.833. The van der Waals surface area contributed by atoms with Crippen LogP contribution in [0.15, 0.2) is 0 Å². The van der Waals surface area contributed by atoms with E-state index in [0.717, 1.165) is 0 Å². The Morgan fingerprint density at radius 2 is 2.07 bits per heavy atom. The van der Waals surface area contributed by atoms with Gasteiger partial charge in [0.2, 0.25) is 5.91 Å². The van der Waals surface area contributed by atoms with E-state index >= 15 is 0 Å². The predicted molar refractivity (Wildman–Crippen MR) is 52.6 cm³/mol. The van der Waals surface area contributed by atoms with Crippen LogP contribution in [0.2, 0.25) is 0 Å². The molecule has 0 aliphatic heterocycles. The van der Waals surface area contributed by atoms with E-state index in [-0.39, 0.29) is 37.6 Å². The summed E-state index contributed by atoms with van der Waals surface area (Å²) in [6, 6.07) is 0. The van der Waals surface area contributed by atoms with Crippen LogP contribution in [-0.4, -0.2) is 36.0 Å². The van der Waals surface area contributed by atoms with Crippen LogP contribution >= 0.6 is 0 Å². The number of nitrogens with two attached hydrogens (primary N) is 1. The molecule has 5 nitrogen and oxygen atoms in total. The molecule has 0 aromatic heterocycles.